The molecule has 0 aliphatic rings. The van der Waals surface area contributed by atoms with Crippen LogP contribution in [0.1, 0.15) is 5.56 Å². The van der Waals surface area contributed by atoms with Gasteiger partial charge in [0.2, 0.25) is 0 Å². The van der Waals surface area contributed by atoms with Crippen LogP contribution in [-0.2, 0) is 17.2 Å². The zero-order chi connectivity index (χ0) is 24.5. The lowest BCUT2D eigenvalue weighted by Crippen LogP contribution is -2.24. The zero-order valence-corrected chi connectivity index (χ0v) is 18.7. The third-order valence-corrected chi connectivity index (χ3v) is 6.85. The van der Waals surface area contributed by atoms with Gasteiger partial charge in [-0.3, -0.25) is 28.3 Å². The van der Waals surface area contributed by atoms with E-state index >= 15 is 0 Å². The second kappa shape index (κ2) is 7.17. The van der Waals surface area contributed by atoms with Crippen LogP contribution < -0.4 is 22.2 Å². The van der Waals surface area contributed by atoms with Crippen molar-refractivity contribution in [1.29, 1.82) is 0 Å². The van der Waals surface area contributed by atoms with E-state index in [1.54, 1.807) is 24.3 Å². The fourth-order valence-corrected chi connectivity index (χ4v) is 4.90. The van der Waals surface area contributed by atoms with Gasteiger partial charge in [0.05, 0.1) is 27.2 Å². The van der Waals surface area contributed by atoms with Crippen LogP contribution in [0.25, 0.3) is 38.4 Å². The maximum Gasteiger partial charge on any atom is 0.295 e. The zero-order valence-electron chi connectivity index (χ0n) is 17.9. The van der Waals surface area contributed by atoms with Crippen molar-refractivity contribution in [2.45, 2.75) is 11.8 Å². The van der Waals surface area contributed by atoms with Gasteiger partial charge in [0.25, 0.3) is 32.4 Å². The molecule has 0 aliphatic carbocycles. The van der Waals surface area contributed by atoms with Crippen molar-refractivity contribution in [1.82, 2.24) is 9.13 Å². The van der Waals surface area contributed by atoms with Crippen molar-refractivity contribution in [2.24, 2.45) is 7.05 Å². The van der Waals surface area contributed by atoms with Gasteiger partial charge in [-0.25, -0.2) is 4.57 Å². The standard InChI is InChI=1S/C24H16N2O7S/c1-12-3-5-13(6-4-12)15-8-7-14(9-20(15)34(31,32)33)26-23(29)18-10-16-17(11-19(18)24(26)30)22(28)25(2)21(16)27/h3-11H,1-2H3,(H,31,32,33). The topological polar surface area (TPSA) is 133 Å². The minimum absolute atomic E-state index is 0.0163. The Morgan fingerprint density at radius 3 is 1.71 bits per heavy atom. The largest absolute Gasteiger partial charge is 0.295 e. The molecular formula is C24H16N2O7S. The van der Waals surface area contributed by atoms with Crippen LogP contribution in [0.3, 0.4) is 0 Å². The molecule has 5 aromatic rings. The Morgan fingerprint density at radius 1 is 0.706 bits per heavy atom. The number of aromatic nitrogens is 2. The molecule has 1 N–H and O–H groups in total. The first-order chi connectivity index (χ1) is 16.0. The van der Waals surface area contributed by atoms with E-state index in [0.717, 1.165) is 20.8 Å². The van der Waals surface area contributed by atoms with Gasteiger partial charge in [0.15, 0.2) is 0 Å². The van der Waals surface area contributed by atoms with Crippen molar-refractivity contribution in [3.63, 3.8) is 0 Å². The predicted molar refractivity (Wildman–Crippen MR) is 127 cm³/mol. The highest BCUT2D eigenvalue weighted by molar-refractivity contribution is 7.86. The molecule has 170 valence electrons. The number of benzene rings is 3. The SMILES string of the molecule is Cc1ccc(-c2ccc(-n3c(=O)c4cc5c(=O)n(C)c(=O)c5cc4c3=O)cc2S(=O)(=O)O)cc1. The minimum Gasteiger partial charge on any atom is -0.282 e. The van der Waals surface area contributed by atoms with E-state index in [1.165, 1.54) is 31.3 Å². The molecule has 3 aromatic carbocycles. The molecule has 10 heteroatoms. The van der Waals surface area contributed by atoms with Crippen molar-refractivity contribution in [3.05, 3.63) is 102 Å². The summed E-state index contributed by atoms with van der Waals surface area (Å²) in [6.07, 6.45) is 0. The quantitative estimate of drug-likeness (QED) is 0.392. The van der Waals surface area contributed by atoms with Crippen LogP contribution in [0.5, 0.6) is 0 Å². The van der Waals surface area contributed by atoms with Crippen molar-refractivity contribution in [3.8, 4) is 16.8 Å². The first-order valence-electron chi connectivity index (χ1n) is 10.1. The third-order valence-electron chi connectivity index (χ3n) is 5.96. The Balaban J connectivity index is 1.81. The van der Waals surface area contributed by atoms with E-state index in [9.17, 15) is 32.1 Å². The average molecular weight is 476 g/mol. The molecule has 0 amide bonds. The number of hydrogen-bond acceptors (Lipinski definition) is 6. The van der Waals surface area contributed by atoms with Crippen LogP contribution in [0.15, 0.2) is 78.7 Å². The average Bonchev–Trinajstić information content (AvgIpc) is 3.17. The molecule has 0 radical (unpaired) electrons. The van der Waals surface area contributed by atoms with E-state index in [4.69, 9.17) is 0 Å². The smallest absolute Gasteiger partial charge is 0.282 e. The molecule has 0 saturated heterocycles. The summed E-state index contributed by atoms with van der Waals surface area (Å²) in [5.74, 6) is 0. The summed E-state index contributed by atoms with van der Waals surface area (Å²) in [4.78, 5) is 50.3. The van der Waals surface area contributed by atoms with Crippen molar-refractivity contribution in [2.75, 3.05) is 0 Å². The molecule has 34 heavy (non-hydrogen) atoms. The molecule has 0 saturated carbocycles. The summed E-state index contributed by atoms with van der Waals surface area (Å²) < 4.78 is 35.8. The normalized spacial score (nSPS) is 12.1. The molecule has 0 atom stereocenters. The number of aryl methyl sites for hydroxylation is 1. The summed E-state index contributed by atoms with van der Waals surface area (Å²) in [6, 6.07) is 13.2. The van der Waals surface area contributed by atoms with Gasteiger partial charge in [-0.05, 0) is 36.8 Å². The molecular weight excluding hydrogens is 460 g/mol. The number of fused-ring (bicyclic) bond motifs is 2. The van der Waals surface area contributed by atoms with Gasteiger partial charge in [-0.15, -0.1) is 0 Å². The highest BCUT2D eigenvalue weighted by atomic mass is 32.2. The molecule has 0 bridgehead atoms. The van der Waals surface area contributed by atoms with Gasteiger partial charge in [-0.2, -0.15) is 8.42 Å². The second-order valence-corrected chi connectivity index (χ2v) is 9.47. The van der Waals surface area contributed by atoms with Crippen molar-refractivity contribution < 1.29 is 13.0 Å². The van der Waals surface area contributed by atoms with E-state index < -0.39 is 37.3 Å². The molecule has 0 spiro atoms. The molecule has 2 aromatic heterocycles. The summed E-state index contributed by atoms with van der Waals surface area (Å²) in [5, 5.41) is -0.113. The van der Waals surface area contributed by atoms with Crippen LogP contribution >= 0.6 is 0 Å². The Hall–Kier alpha value is -4.15. The fraction of sp³-hybridized carbons (Fsp3) is 0.0833. The van der Waals surface area contributed by atoms with E-state index in [0.29, 0.717) is 5.56 Å². The van der Waals surface area contributed by atoms with Crippen LogP contribution in [0.4, 0.5) is 0 Å². The molecule has 0 unspecified atom stereocenters. The van der Waals surface area contributed by atoms with E-state index in [1.807, 2.05) is 6.92 Å². The predicted octanol–water partition coefficient (Wildman–Crippen LogP) is 1.66. The molecule has 9 nitrogen and oxygen atoms in total. The summed E-state index contributed by atoms with van der Waals surface area (Å²) in [5.41, 5.74) is -1.13. The van der Waals surface area contributed by atoms with Gasteiger partial charge in [-0.1, -0.05) is 35.9 Å². The Kier molecular flexibility index (Phi) is 4.57. The van der Waals surface area contributed by atoms with E-state index in [-0.39, 0.29) is 32.8 Å². The maximum absolute atomic E-state index is 13.1. The van der Waals surface area contributed by atoms with Crippen LogP contribution in [0, 0.1) is 6.92 Å². The lowest BCUT2D eigenvalue weighted by Gasteiger charge is -2.10. The highest BCUT2D eigenvalue weighted by Gasteiger charge is 2.22. The summed E-state index contributed by atoms with van der Waals surface area (Å²) in [6.45, 7) is 1.87. The van der Waals surface area contributed by atoms with Gasteiger partial charge < -0.3 is 0 Å². The van der Waals surface area contributed by atoms with Crippen LogP contribution in [0.2, 0.25) is 0 Å². The highest BCUT2D eigenvalue weighted by Crippen LogP contribution is 2.29. The Morgan fingerprint density at radius 2 is 1.21 bits per heavy atom. The summed E-state index contributed by atoms with van der Waals surface area (Å²) in [7, 11) is -3.42. The fourth-order valence-electron chi connectivity index (χ4n) is 4.16. The molecule has 2 heterocycles. The number of hydrogen-bond donors (Lipinski definition) is 1. The van der Waals surface area contributed by atoms with E-state index in [2.05, 4.69) is 0 Å². The van der Waals surface area contributed by atoms with Gasteiger partial charge in [0.1, 0.15) is 4.90 Å². The monoisotopic (exact) mass is 476 g/mol. The lowest BCUT2D eigenvalue weighted by atomic mass is 10.0. The van der Waals surface area contributed by atoms with Gasteiger partial charge >= 0.3 is 0 Å². The molecule has 5 rings (SSSR count). The number of rotatable bonds is 3. The Labute approximate surface area is 191 Å². The molecule has 0 fully saturated rings. The van der Waals surface area contributed by atoms with Crippen LogP contribution in [-0.4, -0.2) is 22.1 Å². The summed E-state index contributed by atoms with van der Waals surface area (Å²) >= 11 is 0. The Bertz CT molecular complexity index is 1890. The van der Waals surface area contributed by atoms with Crippen molar-refractivity contribution >= 4 is 31.7 Å². The first kappa shape index (κ1) is 21.7. The lowest BCUT2D eigenvalue weighted by molar-refractivity contribution is 0.483. The van der Waals surface area contributed by atoms with Gasteiger partial charge in [0, 0.05) is 12.6 Å². The third kappa shape index (κ3) is 3.07. The first-order valence-corrected chi connectivity index (χ1v) is 11.5. The minimum atomic E-state index is -4.72. The number of nitrogens with zero attached hydrogens (tertiary/aromatic N) is 2. The maximum atomic E-state index is 13.1. The second-order valence-electron chi connectivity index (χ2n) is 8.08. The molecule has 0 aliphatic heterocycles.